The number of hydrogen-bond donors (Lipinski definition) is 1. The Labute approximate surface area is 246 Å². The smallest absolute Gasteiger partial charge is 0.269 e. The monoisotopic (exact) mass is 609 g/mol. The van der Waals surface area contributed by atoms with E-state index in [1.807, 2.05) is 27.7 Å². The normalized spacial score (nSPS) is 22.4. The van der Waals surface area contributed by atoms with E-state index in [2.05, 4.69) is 36.8 Å². The third-order valence-corrected chi connectivity index (χ3v) is 10.7. The highest BCUT2D eigenvalue weighted by atomic mass is 35.5. The molecule has 1 fully saturated rings. The van der Waals surface area contributed by atoms with Crippen LogP contribution in [0.5, 0.6) is 0 Å². The first-order chi connectivity index (χ1) is 19.3. The molecule has 0 bridgehead atoms. The lowest BCUT2D eigenvalue weighted by Gasteiger charge is -2.56. The summed E-state index contributed by atoms with van der Waals surface area (Å²) >= 11 is 6.25. The first-order valence-corrected chi connectivity index (χ1v) is 15.1. The van der Waals surface area contributed by atoms with E-state index in [4.69, 9.17) is 16.0 Å². The summed E-state index contributed by atoms with van der Waals surface area (Å²) in [7, 11) is -0.947. The number of hydrogen-bond acceptors (Lipinski definition) is 8. The predicted molar refractivity (Wildman–Crippen MR) is 154 cm³/mol. The Balaban J connectivity index is 1.63. The van der Waals surface area contributed by atoms with Crippen molar-refractivity contribution in [3.8, 4) is 17.5 Å². The van der Waals surface area contributed by atoms with Gasteiger partial charge in [-0.15, -0.1) is 0 Å². The number of nitriles is 1. The van der Waals surface area contributed by atoms with Crippen molar-refractivity contribution in [2.24, 2.45) is 5.41 Å². The summed E-state index contributed by atoms with van der Waals surface area (Å²) < 4.78 is 49.1. The summed E-state index contributed by atoms with van der Waals surface area (Å²) in [5.41, 5.74) is -1.43. The van der Waals surface area contributed by atoms with Gasteiger partial charge >= 0.3 is 0 Å². The van der Waals surface area contributed by atoms with Gasteiger partial charge in [-0.3, -0.25) is 0 Å². The van der Waals surface area contributed by atoms with Crippen LogP contribution >= 0.6 is 11.6 Å². The molecule has 1 unspecified atom stereocenters. The largest absolute Gasteiger partial charge is 0.401 e. The molecule has 0 saturated heterocycles. The Kier molecular flexibility index (Phi) is 7.22. The van der Waals surface area contributed by atoms with Crippen LogP contribution in [0.15, 0.2) is 53.8 Å². The minimum absolute atomic E-state index is 0.0703. The molecule has 211 valence electrons. The number of anilines is 1. The summed E-state index contributed by atoms with van der Waals surface area (Å²) in [6.07, 6.45) is 5.51. The number of benzene rings is 1. The van der Waals surface area contributed by atoms with Crippen LogP contribution in [-0.2, 0) is 14.4 Å². The first-order valence-electron chi connectivity index (χ1n) is 12.8. The van der Waals surface area contributed by atoms with Crippen molar-refractivity contribution in [3.63, 3.8) is 0 Å². The van der Waals surface area contributed by atoms with Crippen molar-refractivity contribution in [3.05, 3.63) is 65.3 Å². The number of rotatable bonds is 6. The molecule has 1 aromatic carbocycles. The molecule has 9 nitrogen and oxygen atoms in total. The maximum absolute atomic E-state index is 15.2. The number of halogens is 2. The van der Waals surface area contributed by atoms with Crippen molar-refractivity contribution in [2.75, 3.05) is 5.32 Å². The molecule has 0 spiro atoms. The first kappa shape index (κ1) is 29.1. The minimum Gasteiger partial charge on any atom is -0.401 e. The van der Waals surface area contributed by atoms with Crippen LogP contribution in [0.3, 0.4) is 0 Å². The van der Waals surface area contributed by atoms with E-state index in [-0.39, 0.29) is 27.2 Å². The van der Waals surface area contributed by atoms with Crippen LogP contribution in [0, 0.1) is 29.5 Å². The van der Waals surface area contributed by atoms with Gasteiger partial charge in [-0.2, -0.15) is 5.26 Å². The van der Waals surface area contributed by atoms with Gasteiger partial charge in [0.1, 0.15) is 0 Å². The molecule has 0 amide bonds. The molecule has 1 saturated carbocycles. The van der Waals surface area contributed by atoms with Crippen molar-refractivity contribution in [1.29, 1.82) is 5.26 Å². The van der Waals surface area contributed by atoms with Crippen molar-refractivity contribution < 1.29 is 17.2 Å². The lowest BCUT2D eigenvalue weighted by atomic mass is 9.56. The van der Waals surface area contributed by atoms with Crippen molar-refractivity contribution >= 4 is 49.0 Å². The van der Waals surface area contributed by atoms with Crippen LogP contribution in [0.4, 0.5) is 10.2 Å². The van der Waals surface area contributed by atoms with E-state index in [9.17, 15) is 13.7 Å². The zero-order chi connectivity index (χ0) is 29.8. The molecule has 3 heterocycles. The Hall–Kier alpha value is -3.37. The minimum atomic E-state index is -4.05. The van der Waals surface area contributed by atoms with Gasteiger partial charge in [-0.1, -0.05) is 43.1 Å². The molecule has 3 aromatic heterocycles. The van der Waals surface area contributed by atoms with Gasteiger partial charge in [0.05, 0.1) is 22.2 Å². The summed E-state index contributed by atoms with van der Waals surface area (Å²) in [5.74, 6) is -0.725. The molecule has 1 aliphatic carbocycles. The molecule has 1 aliphatic rings. The quantitative estimate of drug-likeness (QED) is 0.281. The van der Waals surface area contributed by atoms with E-state index in [1.54, 1.807) is 18.2 Å². The highest BCUT2D eigenvalue weighted by Gasteiger charge is 2.59. The molecular weight excluding hydrogens is 583 g/mol. The van der Waals surface area contributed by atoms with Gasteiger partial charge in [-0.05, 0) is 51.3 Å². The number of nitrogens with one attached hydrogen (secondary N) is 1. The van der Waals surface area contributed by atoms with Crippen LogP contribution in [0.25, 0.3) is 22.4 Å². The molecule has 13 heteroatoms. The molecule has 2 atom stereocenters. The second-order valence-corrected chi connectivity index (χ2v) is 13.5. The molecule has 0 aliphatic heterocycles. The summed E-state index contributed by atoms with van der Waals surface area (Å²) in [4.78, 5) is 13.1. The van der Waals surface area contributed by atoms with Gasteiger partial charge in [0.15, 0.2) is 28.7 Å². The van der Waals surface area contributed by atoms with E-state index in [0.717, 1.165) is 15.7 Å². The maximum Gasteiger partial charge on any atom is 0.269 e. The fourth-order valence-electron chi connectivity index (χ4n) is 5.46. The topological polar surface area (TPSA) is 123 Å². The van der Waals surface area contributed by atoms with Crippen LogP contribution in [0.1, 0.15) is 45.6 Å². The van der Waals surface area contributed by atoms with Crippen LogP contribution < -0.4 is 5.32 Å². The molecule has 1 N–H and O–H groups in total. The molecule has 41 heavy (non-hydrogen) atoms. The van der Waals surface area contributed by atoms with E-state index in [1.165, 1.54) is 24.5 Å². The van der Waals surface area contributed by atoms with Gasteiger partial charge in [0.25, 0.3) is 10.0 Å². The van der Waals surface area contributed by atoms with E-state index in [0.29, 0.717) is 30.2 Å². The van der Waals surface area contributed by atoms with Gasteiger partial charge in [0, 0.05) is 34.3 Å². The molecule has 4 aromatic rings. The predicted octanol–water partition coefficient (Wildman–Crippen LogP) is 5.57. The summed E-state index contributed by atoms with van der Waals surface area (Å²) in [5, 5.41) is 13.9. The van der Waals surface area contributed by atoms with Crippen molar-refractivity contribution in [2.45, 2.75) is 63.0 Å². The molecule has 5 rings (SSSR count). The molecule has 3 radical (unpaired) electrons. The second kappa shape index (κ2) is 10.2. The Bertz CT molecular complexity index is 1810. The molecular formula is C28H27ClFN6O3SSi. The van der Waals surface area contributed by atoms with Gasteiger partial charge in [-0.25, -0.2) is 31.7 Å². The fraction of sp³-hybridized carbons (Fsp3) is 0.357. The fourth-order valence-corrected chi connectivity index (χ4v) is 7.35. The number of pyridine rings is 1. The summed E-state index contributed by atoms with van der Waals surface area (Å²) in [6, 6.07) is 10.3. The lowest BCUT2D eigenvalue weighted by Crippen LogP contribution is -2.64. The van der Waals surface area contributed by atoms with Gasteiger partial charge in [0.2, 0.25) is 10.5 Å². The third kappa shape index (κ3) is 4.61. The number of aromatic nitrogens is 4. The SMILES string of the molecule is Cc1ccc(S(=O)(=O)n2cc(-c3ncc(F)c(N[C@@]4(C)CCCC(C#N)(O[Si])C4(C)C)n3)c3cc(Cl)cnc32)cc1. The lowest BCUT2D eigenvalue weighted by molar-refractivity contribution is -0.0626. The van der Waals surface area contributed by atoms with Crippen molar-refractivity contribution in [1.82, 2.24) is 18.9 Å². The van der Waals surface area contributed by atoms with Gasteiger partial charge < -0.3 is 9.74 Å². The average molecular weight is 610 g/mol. The zero-order valence-electron chi connectivity index (χ0n) is 22.9. The third-order valence-electron chi connectivity index (χ3n) is 8.49. The highest BCUT2D eigenvalue weighted by molar-refractivity contribution is 7.90. The van der Waals surface area contributed by atoms with Crippen LogP contribution in [-0.4, -0.2) is 49.0 Å². The standard InChI is InChI=1S/C28H27ClFN6O3SSi/c1-17-6-8-19(9-7-17)40(37,38)36-15-21(20-12-18(29)13-33-25(20)36)23-32-14-22(30)24(34-23)35-27(4)10-5-11-28(16-31,39-41)26(27,2)3/h6-9,12-15H,5,10-11H2,1-4H3,(H,32,34,35)/t27-,28?/m0/s1. The second-order valence-electron chi connectivity index (χ2n) is 11.0. The maximum atomic E-state index is 15.2. The average Bonchev–Trinajstić information content (AvgIpc) is 3.31. The van der Waals surface area contributed by atoms with E-state index >= 15 is 4.39 Å². The number of fused-ring (bicyclic) bond motifs is 1. The Morgan fingerprint density at radius 2 is 1.88 bits per heavy atom. The highest BCUT2D eigenvalue weighted by Crippen LogP contribution is 2.52. The summed E-state index contributed by atoms with van der Waals surface area (Å²) in [6.45, 7) is 7.54. The Morgan fingerprint density at radius 1 is 1.17 bits per heavy atom. The van der Waals surface area contributed by atoms with Crippen LogP contribution in [0.2, 0.25) is 5.02 Å². The number of aryl methyl sites for hydroxylation is 1. The zero-order valence-corrected chi connectivity index (χ0v) is 25.4. The Morgan fingerprint density at radius 3 is 2.54 bits per heavy atom. The van der Waals surface area contributed by atoms with E-state index < -0.39 is 32.4 Å². The number of nitrogens with zero attached hydrogens (tertiary/aromatic N) is 5.